The summed E-state index contributed by atoms with van der Waals surface area (Å²) in [5, 5.41) is 4.86. The van der Waals surface area contributed by atoms with Crippen LogP contribution < -0.4 is 0 Å². The molecule has 0 fully saturated rings. The van der Waals surface area contributed by atoms with E-state index in [2.05, 4.69) is 103 Å². The summed E-state index contributed by atoms with van der Waals surface area (Å²) in [4.78, 5) is 15.1. The SMILES string of the molecule is c1ccc(-c2cc(-c3nc(-c4ccccc4)nc(-c4ccccc4)n3)cc(-c3c4ccccc4cc4ccccc34)c2)cc1. The minimum absolute atomic E-state index is 0.640. The van der Waals surface area contributed by atoms with Gasteiger partial charge in [0.1, 0.15) is 0 Å². The van der Waals surface area contributed by atoms with Gasteiger partial charge < -0.3 is 0 Å². The molecule has 0 atom stereocenters. The van der Waals surface area contributed by atoms with E-state index >= 15 is 0 Å². The summed E-state index contributed by atoms with van der Waals surface area (Å²) < 4.78 is 0. The van der Waals surface area contributed by atoms with Crippen LogP contribution in [-0.4, -0.2) is 15.0 Å². The minimum atomic E-state index is 0.640. The summed E-state index contributed by atoms with van der Waals surface area (Å²) in [5.74, 6) is 1.94. The number of hydrogen-bond acceptors (Lipinski definition) is 3. The molecule has 1 aromatic heterocycles. The molecular weight excluding hydrogens is 534 g/mol. The normalized spacial score (nSPS) is 11.2. The van der Waals surface area contributed by atoms with Crippen molar-refractivity contribution < 1.29 is 0 Å². The molecule has 0 amide bonds. The molecule has 0 radical (unpaired) electrons. The summed E-state index contributed by atoms with van der Waals surface area (Å²) in [6.07, 6.45) is 0. The molecule has 3 nitrogen and oxygen atoms in total. The second-order valence-electron chi connectivity index (χ2n) is 10.9. The Labute approximate surface area is 256 Å². The van der Waals surface area contributed by atoms with Crippen molar-refractivity contribution in [3.63, 3.8) is 0 Å². The van der Waals surface area contributed by atoms with Crippen LogP contribution in [0.2, 0.25) is 0 Å². The Morgan fingerprint density at radius 2 is 0.659 bits per heavy atom. The molecule has 1 heterocycles. The van der Waals surface area contributed by atoms with Crippen LogP contribution >= 0.6 is 0 Å². The Balaban J connectivity index is 1.43. The Morgan fingerprint density at radius 3 is 1.18 bits per heavy atom. The number of benzene rings is 7. The van der Waals surface area contributed by atoms with Crippen molar-refractivity contribution in [2.45, 2.75) is 0 Å². The van der Waals surface area contributed by atoms with E-state index in [0.717, 1.165) is 33.4 Å². The van der Waals surface area contributed by atoms with Crippen molar-refractivity contribution in [1.29, 1.82) is 0 Å². The van der Waals surface area contributed by atoms with E-state index in [1.54, 1.807) is 0 Å². The zero-order valence-corrected chi connectivity index (χ0v) is 23.9. The smallest absolute Gasteiger partial charge is 0.164 e. The molecule has 0 spiro atoms. The van der Waals surface area contributed by atoms with Crippen molar-refractivity contribution >= 4 is 21.5 Å². The van der Waals surface area contributed by atoms with Crippen molar-refractivity contribution in [3.8, 4) is 56.4 Å². The van der Waals surface area contributed by atoms with Gasteiger partial charge in [0.15, 0.2) is 17.5 Å². The van der Waals surface area contributed by atoms with Gasteiger partial charge in [-0.05, 0) is 68.1 Å². The van der Waals surface area contributed by atoms with Crippen LogP contribution in [0.5, 0.6) is 0 Å². The molecular formula is C41H27N3. The lowest BCUT2D eigenvalue weighted by Crippen LogP contribution is -2.00. The van der Waals surface area contributed by atoms with Gasteiger partial charge in [-0.2, -0.15) is 0 Å². The average Bonchev–Trinajstić information content (AvgIpc) is 3.11. The molecule has 44 heavy (non-hydrogen) atoms. The van der Waals surface area contributed by atoms with E-state index in [0.29, 0.717) is 17.5 Å². The van der Waals surface area contributed by atoms with E-state index in [-0.39, 0.29) is 0 Å². The average molecular weight is 562 g/mol. The number of nitrogens with zero attached hydrogens (tertiary/aromatic N) is 3. The molecule has 3 heteroatoms. The van der Waals surface area contributed by atoms with E-state index in [9.17, 15) is 0 Å². The summed E-state index contributed by atoms with van der Waals surface area (Å²) in [6.45, 7) is 0. The lowest BCUT2D eigenvalue weighted by atomic mass is 9.89. The molecule has 0 saturated heterocycles. The van der Waals surface area contributed by atoms with Gasteiger partial charge in [0.2, 0.25) is 0 Å². The van der Waals surface area contributed by atoms with E-state index in [1.165, 1.54) is 27.1 Å². The second-order valence-corrected chi connectivity index (χ2v) is 10.9. The molecule has 8 aromatic rings. The highest BCUT2D eigenvalue weighted by molar-refractivity contribution is 6.13. The van der Waals surface area contributed by atoms with Gasteiger partial charge in [-0.3, -0.25) is 0 Å². The van der Waals surface area contributed by atoms with Crippen molar-refractivity contribution in [1.82, 2.24) is 15.0 Å². The standard InChI is InChI=1S/C41H27N3/c1-4-14-28(15-5-1)33-25-34(38-36-22-12-10-20-31(36)24-32-21-11-13-23-37(32)38)27-35(26-33)41-43-39(29-16-6-2-7-17-29)42-40(44-41)30-18-8-3-9-19-30/h1-27H. The molecule has 0 aliphatic carbocycles. The van der Waals surface area contributed by atoms with Crippen LogP contribution in [0.3, 0.4) is 0 Å². The van der Waals surface area contributed by atoms with E-state index in [1.807, 2.05) is 60.7 Å². The van der Waals surface area contributed by atoms with Crippen LogP contribution in [0, 0.1) is 0 Å². The fourth-order valence-electron chi connectivity index (χ4n) is 5.96. The van der Waals surface area contributed by atoms with Crippen LogP contribution in [0.1, 0.15) is 0 Å². The molecule has 8 rings (SSSR count). The predicted octanol–water partition coefficient (Wildman–Crippen LogP) is 10.5. The number of hydrogen-bond donors (Lipinski definition) is 0. The zero-order valence-electron chi connectivity index (χ0n) is 23.9. The Bertz CT molecular complexity index is 2150. The van der Waals surface area contributed by atoms with E-state index in [4.69, 9.17) is 15.0 Å². The first-order valence-electron chi connectivity index (χ1n) is 14.8. The van der Waals surface area contributed by atoms with Crippen molar-refractivity contribution in [2.24, 2.45) is 0 Å². The highest BCUT2D eigenvalue weighted by Crippen LogP contribution is 2.40. The first-order chi connectivity index (χ1) is 21.8. The third kappa shape index (κ3) is 4.81. The van der Waals surface area contributed by atoms with Crippen molar-refractivity contribution in [3.05, 3.63) is 164 Å². The van der Waals surface area contributed by atoms with E-state index < -0.39 is 0 Å². The predicted molar refractivity (Wildman–Crippen MR) is 182 cm³/mol. The van der Waals surface area contributed by atoms with Gasteiger partial charge in [0.05, 0.1) is 0 Å². The maximum Gasteiger partial charge on any atom is 0.164 e. The lowest BCUT2D eigenvalue weighted by Gasteiger charge is -2.16. The Morgan fingerprint density at radius 1 is 0.273 bits per heavy atom. The molecule has 0 aliphatic heterocycles. The highest BCUT2D eigenvalue weighted by Gasteiger charge is 2.17. The first-order valence-corrected chi connectivity index (χ1v) is 14.8. The summed E-state index contributed by atoms with van der Waals surface area (Å²) >= 11 is 0. The van der Waals surface area contributed by atoms with Gasteiger partial charge in [0.25, 0.3) is 0 Å². The molecule has 0 unspecified atom stereocenters. The molecule has 0 N–H and O–H groups in total. The Hall–Kier alpha value is -5.93. The number of rotatable bonds is 5. The summed E-state index contributed by atoms with van der Waals surface area (Å²) in [7, 11) is 0. The maximum absolute atomic E-state index is 5.07. The van der Waals surface area contributed by atoms with Gasteiger partial charge >= 0.3 is 0 Å². The fraction of sp³-hybridized carbons (Fsp3) is 0. The number of fused-ring (bicyclic) bond motifs is 2. The molecule has 0 aliphatic rings. The van der Waals surface area contributed by atoms with Gasteiger partial charge in [-0.1, -0.05) is 140 Å². The molecule has 206 valence electrons. The van der Waals surface area contributed by atoms with Crippen LogP contribution in [0.15, 0.2) is 164 Å². The van der Waals surface area contributed by atoms with Crippen molar-refractivity contribution in [2.75, 3.05) is 0 Å². The molecule has 0 saturated carbocycles. The summed E-state index contributed by atoms with van der Waals surface area (Å²) in [5.41, 5.74) is 7.42. The molecule has 0 bridgehead atoms. The van der Waals surface area contributed by atoms with Gasteiger partial charge in [-0.25, -0.2) is 15.0 Å². The van der Waals surface area contributed by atoms with Crippen LogP contribution in [0.25, 0.3) is 78.0 Å². The van der Waals surface area contributed by atoms with Gasteiger partial charge in [-0.15, -0.1) is 0 Å². The fourth-order valence-corrected chi connectivity index (χ4v) is 5.96. The monoisotopic (exact) mass is 561 g/mol. The van der Waals surface area contributed by atoms with Crippen LogP contribution in [0.4, 0.5) is 0 Å². The first kappa shape index (κ1) is 25.8. The maximum atomic E-state index is 5.07. The quantitative estimate of drug-likeness (QED) is 0.196. The lowest BCUT2D eigenvalue weighted by molar-refractivity contribution is 1.07. The van der Waals surface area contributed by atoms with Crippen LogP contribution in [-0.2, 0) is 0 Å². The second kappa shape index (κ2) is 11.0. The summed E-state index contributed by atoms with van der Waals surface area (Å²) in [6, 6.07) is 57.1. The highest BCUT2D eigenvalue weighted by atomic mass is 15.0. The zero-order chi connectivity index (χ0) is 29.3. The molecule has 7 aromatic carbocycles. The third-order valence-corrected chi connectivity index (χ3v) is 8.06. The number of aromatic nitrogens is 3. The Kier molecular flexibility index (Phi) is 6.47. The third-order valence-electron chi connectivity index (χ3n) is 8.06. The minimum Gasteiger partial charge on any atom is -0.208 e. The topological polar surface area (TPSA) is 38.7 Å². The van der Waals surface area contributed by atoms with Gasteiger partial charge in [0, 0.05) is 16.7 Å². The largest absolute Gasteiger partial charge is 0.208 e.